The molecule has 2 rings (SSSR count). The van der Waals surface area contributed by atoms with Crippen molar-refractivity contribution in [2.24, 2.45) is 0 Å². The molecule has 1 saturated heterocycles. The largest absolute Gasteiger partial charge is 0.372 e. The third kappa shape index (κ3) is 2.99. The lowest BCUT2D eigenvalue weighted by Gasteiger charge is -2.24. The average molecular weight is 294 g/mol. The molecule has 0 radical (unpaired) electrons. The maximum absolute atomic E-state index is 9.11. The van der Waals surface area contributed by atoms with Crippen molar-refractivity contribution < 1.29 is 0 Å². The van der Waals surface area contributed by atoms with E-state index < -0.39 is 0 Å². The smallest absolute Gasteiger partial charge is 0.101 e. The van der Waals surface area contributed by atoms with Crippen molar-refractivity contribution in [3.8, 4) is 6.07 Å². The summed E-state index contributed by atoms with van der Waals surface area (Å²) in [5.41, 5.74) is 1.73. The van der Waals surface area contributed by atoms with Gasteiger partial charge in [0.15, 0.2) is 0 Å². The molecule has 1 aromatic carbocycles. The molecule has 0 bridgehead atoms. The zero-order valence-electron chi connectivity index (χ0n) is 9.91. The van der Waals surface area contributed by atoms with Crippen LogP contribution in [0.3, 0.4) is 0 Å². The molecule has 0 saturated carbocycles. The molecule has 0 aliphatic carbocycles. The number of nitrogens with zero attached hydrogens (tertiary/aromatic N) is 2. The Hall–Kier alpha value is -1.05. The quantitative estimate of drug-likeness (QED) is 0.931. The molecule has 1 aliphatic heterocycles. The lowest BCUT2D eigenvalue weighted by atomic mass is 10.1. The molecule has 0 amide bonds. The van der Waals surface area contributed by atoms with E-state index in [0.29, 0.717) is 6.04 Å². The molecule has 3 nitrogen and oxygen atoms in total. The van der Waals surface area contributed by atoms with Crippen LogP contribution in [-0.4, -0.2) is 26.2 Å². The van der Waals surface area contributed by atoms with Crippen molar-refractivity contribution in [2.75, 3.05) is 25.0 Å². The van der Waals surface area contributed by atoms with Gasteiger partial charge in [0.25, 0.3) is 0 Å². The highest BCUT2D eigenvalue weighted by molar-refractivity contribution is 9.10. The van der Waals surface area contributed by atoms with Gasteiger partial charge in [-0.3, -0.25) is 0 Å². The van der Waals surface area contributed by atoms with E-state index in [1.165, 1.54) is 12.8 Å². The number of nitrogens with one attached hydrogen (secondary N) is 1. The van der Waals surface area contributed by atoms with Crippen molar-refractivity contribution in [2.45, 2.75) is 18.9 Å². The second kappa shape index (κ2) is 5.52. The Balaban J connectivity index is 2.14. The number of benzene rings is 1. The topological polar surface area (TPSA) is 39.1 Å². The van der Waals surface area contributed by atoms with Crippen LogP contribution in [-0.2, 0) is 0 Å². The van der Waals surface area contributed by atoms with Crippen molar-refractivity contribution >= 4 is 21.6 Å². The Bertz CT molecular complexity index is 433. The number of halogens is 1. The Morgan fingerprint density at radius 1 is 1.59 bits per heavy atom. The summed E-state index contributed by atoms with van der Waals surface area (Å²) in [6, 6.07) is 8.57. The summed E-state index contributed by atoms with van der Waals surface area (Å²) >= 11 is 3.45. The summed E-state index contributed by atoms with van der Waals surface area (Å²) < 4.78 is 1.01. The van der Waals surface area contributed by atoms with Crippen molar-refractivity contribution in [1.82, 2.24) is 5.32 Å². The first-order valence-electron chi connectivity index (χ1n) is 5.85. The van der Waals surface area contributed by atoms with Crippen molar-refractivity contribution in [3.63, 3.8) is 0 Å². The van der Waals surface area contributed by atoms with Crippen LogP contribution in [0.5, 0.6) is 0 Å². The maximum atomic E-state index is 9.11. The molecule has 1 atom stereocenters. The van der Waals surface area contributed by atoms with Gasteiger partial charge >= 0.3 is 0 Å². The molecule has 4 heteroatoms. The molecule has 1 aromatic rings. The van der Waals surface area contributed by atoms with Gasteiger partial charge in [0.05, 0.1) is 11.3 Å². The monoisotopic (exact) mass is 293 g/mol. The fourth-order valence-corrected chi connectivity index (χ4v) is 2.61. The van der Waals surface area contributed by atoms with Gasteiger partial charge < -0.3 is 10.2 Å². The fraction of sp³-hybridized carbons (Fsp3) is 0.462. The van der Waals surface area contributed by atoms with E-state index in [2.05, 4.69) is 32.2 Å². The van der Waals surface area contributed by atoms with Gasteiger partial charge in [0.1, 0.15) is 6.07 Å². The average Bonchev–Trinajstić information content (AvgIpc) is 2.81. The number of likely N-dealkylation sites (N-methyl/N-ethyl adjacent to an activating group) is 1. The summed E-state index contributed by atoms with van der Waals surface area (Å²) in [5, 5.41) is 12.6. The fourth-order valence-electron chi connectivity index (χ4n) is 2.26. The number of anilines is 1. The summed E-state index contributed by atoms with van der Waals surface area (Å²) in [6.07, 6.45) is 2.47. The predicted octanol–water partition coefficient (Wildman–Crippen LogP) is 2.51. The number of rotatable bonds is 3. The third-order valence-corrected chi connectivity index (χ3v) is 3.64. The summed E-state index contributed by atoms with van der Waals surface area (Å²) in [5.74, 6) is 0. The van der Waals surface area contributed by atoms with Gasteiger partial charge in [-0.1, -0.05) is 15.9 Å². The van der Waals surface area contributed by atoms with E-state index in [-0.39, 0.29) is 0 Å². The molecule has 0 spiro atoms. The van der Waals surface area contributed by atoms with Crippen LogP contribution < -0.4 is 10.2 Å². The number of hydrogen-bond acceptors (Lipinski definition) is 3. The minimum absolute atomic E-state index is 0.547. The first-order chi connectivity index (χ1) is 8.20. The second-order valence-corrected chi connectivity index (χ2v) is 5.36. The van der Waals surface area contributed by atoms with Gasteiger partial charge in [-0.25, -0.2) is 0 Å². The van der Waals surface area contributed by atoms with Crippen LogP contribution in [0.15, 0.2) is 22.7 Å². The van der Waals surface area contributed by atoms with Gasteiger partial charge in [-0.2, -0.15) is 5.26 Å². The highest BCUT2D eigenvalue weighted by Crippen LogP contribution is 2.24. The molecule has 1 N–H and O–H groups in total. The van der Waals surface area contributed by atoms with Gasteiger partial charge in [0.2, 0.25) is 0 Å². The zero-order valence-corrected chi connectivity index (χ0v) is 11.5. The molecule has 0 aromatic heterocycles. The highest BCUT2D eigenvalue weighted by Gasteiger charge is 2.17. The predicted molar refractivity (Wildman–Crippen MR) is 73.2 cm³/mol. The van der Waals surface area contributed by atoms with Crippen LogP contribution in [0.1, 0.15) is 18.4 Å². The van der Waals surface area contributed by atoms with Crippen molar-refractivity contribution in [3.05, 3.63) is 28.2 Å². The normalized spacial score (nSPS) is 19.0. The SMILES string of the molecule is CN(CC1CCCN1)c1cc(Br)ccc1C#N. The van der Waals surface area contributed by atoms with Gasteiger partial charge in [-0.05, 0) is 37.6 Å². The molecular formula is C13H16BrN3. The lowest BCUT2D eigenvalue weighted by Crippen LogP contribution is -2.35. The minimum Gasteiger partial charge on any atom is -0.372 e. The summed E-state index contributed by atoms with van der Waals surface area (Å²) in [6.45, 7) is 2.06. The second-order valence-electron chi connectivity index (χ2n) is 4.45. The van der Waals surface area contributed by atoms with E-state index in [1.807, 2.05) is 25.2 Å². The van der Waals surface area contributed by atoms with E-state index in [0.717, 1.165) is 28.8 Å². The highest BCUT2D eigenvalue weighted by atomic mass is 79.9. The van der Waals surface area contributed by atoms with Crippen LogP contribution in [0.25, 0.3) is 0 Å². The summed E-state index contributed by atoms with van der Waals surface area (Å²) in [4.78, 5) is 2.16. The van der Waals surface area contributed by atoms with E-state index in [1.54, 1.807) is 0 Å². The molecule has 17 heavy (non-hydrogen) atoms. The first-order valence-corrected chi connectivity index (χ1v) is 6.64. The number of hydrogen-bond donors (Lipinski definition) is 1. The van der Waals surface area contributed by atoms with E-state index in [4.69, 9.17) is 5.26 Å². The molecule has 1 fully saturated rings. The van der Waals surface area contributed by atoms with Crippen LogP contribution in [0.2, 0.25) is 0 Å². The maximum Gasteiger partial charge on any atom is 0.101 e. The Morgan fingerprint density at radius 2 is 2.41 bits per heavy atom. The molecular weight excluding hydrogens is 278 g/mol. The Kier molecular flexibility index (Phi) is 4.03. The minimum atomic E-state index is 0.547. The summed E-state index contributed by atoms with van der Waals surface area (Å²) in [7, 11) is 2.04. The van der Waals surface area contributed by atoms with E-state index in [9.17, 15) is 0 Å². The van der Waals surface area contributed by atoms with Crippen LogP contribution in [0.4, 0.5) is 5.69 Å². The molecule has 1 heterocycles. The number of nitriles is 1. The molecule has 1 unspecified atom stereocenters. The Morgan fingerprint density at radius 3 is 3.06 bits per heavy atom. The lowest BCUT2D eigenvalue weighted by molar-refractivity contribution is 0.599. The molecule has 90 valence electrons. The van der Waals surface area contributed by atoms with Gasteiger partial charge in [-0.15, -0.1) is 0 Å². The third-order valence-electron chi connectivity index (χ3n) is 3.15. The standard InChI is InChI=1S/C13H16BrN3/c1-17(9-12-3-2-6-16-12)13-7-11(14)5-4-10(13)8-15/h4-5,7,12,16H,2-3,6,9H2,1H3. The van der Waals surface area contributed by atoms with Crippen molar-refractivity contribution in [1.29, 1.82) is 5.26 Å². The van der Waals surface area contributed by atoms with E-state index >= 15 is 0 Å². The van der Waals surface area contributed by atoms with Crippen LogP contribution >= 0.6 is 15.9 Å². The van der Waals surface area contributed by atoms with Gasteiger partial charge in [0, 0.05) is 24.1 Å². The molecule has 1 aliphatic rings. The zero-order chi connectivity index (χ0) is 12.3. The van der Waals surface area contributed by atoms with Crippen LogP contribution in [0, 0.1) is 11.3 Å². The first kappa shape index (κ1) is 12.4. The Labute approximate surface area is 111 Å².